The summed E-state index contributed by atoms with van der Waals surface area (Å²) in [5, 5.41) is 11.0. The number of rotatable bonds is 4. The number of para-hydroxylation sites is 1. The third kappa shape index (κ3) is 3.66. The quantitative estimate of drug-likeness (QED) is 0.166. The minimum absolute atomic E-state index is 0.628. The second kappa shape index (κ2) is 9.95. The van der Waals surface area contributed by atoms with Gasteiger partial charge >= 0.3 is 0 Å². The van der Waals surface area contributed by atoms with Crippen molar-refractivity contribution in [2.45, 2.75) is 32.1 Å². The normalized spacial score (nSPS) is 17.6. The van der Waals surface area contributed by atoms with Gasteiger partial charge in [-0.15, -0.1) is 6.42 Å². The third-order valence-electron chi connectivity index (χ3n) is 8.83. The molecule has 4 aromatic carbocycles. The zero-order valence-electron chi connectivity index (χ0n) is 23.9. The van der Waals surface area contributed by atoms with E-state index in [2.05, 4.69) is 133 Å². The van der Waals surface area contributed by atoms with Gasteiger partial charge in [-0.1, -0.05) is 90.4 Å². The highest BCUT2D eigenvalue weighted by Crippen LogP contribution is 2.55. The third-order valence-corrected chi connectivity index (χ3v) is 8.83. The largest absolute Gasteiger partial charge is 0.310 e. The van der Waals surface area contributed by atoms with E-state index in [1.807, 2.05) is 13.0 Å². The summed E-state index contributed by atoms with van der Waals surface area (Å²) in [5.41, 5.74) is 12.4. The SMILES string of the molecule is C#CC1=C(/C=C(\C)C#N)c2ccccc2C1(c1ccc(C)cc1)c1ccc2c(c1)c1c(n2-c2ccccc2)C=CCC1. The Morgan fingerprint density at radius 2 is 1.67 bits per heavy atom. The maximum Gasteiger partial charge on any atom is 0.0944 e. The van der Waals surface area contributed by atoms with Gasteiger partial charge in [0.25, 0.3) is 0 Å². The van der Waals surface area contributed by atoms with Crippen LogP contribution < -0.4 is 0 Å². The lowest BCUT2D eigenvalue weighted by Gasteiger charge is -2.34. The number of terminal acetylenes is 1. The number of hydrogen-bond donors (Lipinski definition) is 0. The fraction of sp³-hybridized carbons (Fsp3) is 0.125. The van der Waals surface area contributed by atoms with Gasteiger partial charge in [0, 0.05) is 27.9 Å². The molecule has 7 rings (SSSR count). The monoisotopic (exact) mass is 538 g/mol. The molecule has 1 atom stereocenters. The first-order chi connectivity index (χ1) is 20.6. The van der Waals surface area contributed by atoms with Gasteiger partial charge in [0.2, 0.25) is 0 Å². The standard InChI is InChI=1S/C40H30N2/c1-4-36-34(24-28(3)26-41)32-14-8-10-16-37(32)40(36,29-20-18-27(2)19-21-29)30-22-23-39-35(25-30)33-15-9-11-17-38(33)42(39)31-12-6-5-7-13-31/h1,5-8,10-14,16-25H,9,15H2,2-3H3/b28-24+. The van der Waals surface area contributed by atoms with E-state index in [9.17, 15) is 5.26 Å². The van der Waals surface area contributed by atoms with Crippen molar-refractivity contribution in [3.05, 3.63) is 159 Å². The molecule has 0 bridgehead atoms. The Morgan fingerprint density at radius 1 is 0.929 bits per heavy atom. The van der Waals surface area contributed by atoms with Gasteiger partial charge in [-0.3, -0.25) is 0 Å². The number of nitrogens with zero attached hydrogens (tertiary/aromatic N) is 2. The molecule has 2 aliphatic carbocycles. The van der Waals surface area contributed by atoms with Crippen LogP contribution >= 0.6 is 0 Å². The molecule has 2 heteroatoms. The fourth-order valence-electron chi connectivity index (χ4n) is 7.00. The maximum atomic E-state index is 9.72. The van der Waals surface area contributed by atoms with Gasteiger partial charge in [0.15, 0.2) is 0 Å². The van der Waals surface area contributed by atoms with Crippen molar-refractivity contribution >= 4 is 22.6 Å². The molecule has 5 aromatic rings. The Labute approximate surface area is 247 Å². The summed E-state index contributed by atoms with van der Waals surface area (Å²) >= 11 is 0. The van der Waals surface area contributed by atoms with Gasteiger partial charge in [0.05, 0.1) is 17.0 Å². The van der Waals surface area contributed by atoms with Crippen molar-refractivity contribution in [3.63, 3.8) is 0 Å². The van der Waals surface area contributed by atoms with E-state index in [1.54, 1.807) is 0 Å². The number of aryl methyl sites for hydroxylation is 2. The van der Waals surface area contributed by atoms with E-state index in [-0.39, 0.29) is 0 Å². The molecule has 0 fully saturated rings. The van der Waals surface area contributed by atoms with Crippen LogP contribution in [0.4, 0.5) is 0 Å². The summed E-state index contributed by atoms with van der Waals surface area (Å²) in [4.78, 5) is 0. The molecule has 0 radical (unpaired) electrons. The Hall–Kier alpha value is -5.31. The van der Waals surface area contributed by atoms with Crippen molar-refractivity contribution in [3.8, 4) is 24.1 Å². The van der Waals surface area contributed by atoms with Crippen LogP contribution in [0.25, 0.3) is 28.2 Å². The summed E-state index contributed by atoms with van der Waals surface area (Å²) < 4.78 is 2.38. The molecule has 2 aliphatic rings. The van der Waals surface area contributed by atoms with Gasteiger partial charge in [-0.2, -0.15) is 5.26 Å². The molecule has 0 saturated heterocycles. The van der Waals surface area contributed by atoms with Crippen LogP contribution in [0.5, 0.6) is 0 Å². The predicted octanol–water partition coefficient (Wildman–Crippen LogP) is 9.10. The highest BCUT2D eigenvalue weighted by Gasteiger charge is 2.47. The van der Waals surface area contributed by atoms with Crippen molar-refractivity contribution in [2.24, 2.45) is 0 Å². The summed E-state index contributed by atoms with van der Waals surface area (Å²) in [6.07, 6.45) is 15.0. The first-order valence-electron chi connectivity index (χ1n) is 14.4. The van der Waals surface area contributed by atoms with Crippen LogP contribution in [0.1, 0.15) is 52.4 Å². The lowest BCUT2D eigenvalue weighted by molar-refractivity contribution is 0.768. The highest BCUT2D eigenvalue weighted by atomic mass is 15.0. The van der Waals surface area contributed by atoms with Crippen LogP contribution in [-0.2, 0) is 11.8 Å². The number of benzene rings is 4. The van der Waals surface area contributed by atoms with Crippen LogP contribution in [0, 0.1) is 30.6 Å². The minimum Gasteiger partial charge on any atom is -0.310 e. The molecule has 0 saturated carbocycles. The summed E-state index contributed by atoms with van der Waals surface area (Å²) in [5.74, 6) is 3.14. The van der Waals surface area contributed by atoms with Crippen LogP contribution in [0.3, 0.4) is 0 Å². The Kier molecular flexibility index (Phi) is 6.08. The first kappa shape index (κ1) is 25.6. The Morgan fingerprint density at radius 3 is 2.43 bits per heavy atom. The van der Waals surface area contributed by atoms with Crippen LogP contribution in [0.15, 0.2) is 120 Å². The second-order valence-corrected chi connectivity index (χ2v) is 11.2. The second-order valence-electron chi connectivity index (χ2n) is 11.2. The van der Waals surface area contributed by atoms with E-state index in [1.165, 1.54) is 27.7 Å². The van der Waals surface area contributed by atoms with Crippen molar-refractivity contribution < 1.29 is 0 Å². The molecule has 0 amide bonds. The topological polar surface area (TPSA) is 28.7 Å². The smallest absolute Gasteiger partial charge is 0.0944 e. The van der Waals surface area contributed by atoms with E-state index in [0.717, 1.165) is 51.9 Å². The minimum atomic E-state index is -0.693. The molecule has 1 aromatic heterocycles. The predicted molar refractivity (Wildman–Crippen MR) is 173 cm³/mol. The number of fused-ring (bicyclic) bond motifs is 4. The molecule has 1 heterocycles. The number of nitriles is 1. The average Bonchev–Trinajstić information content (AvgIpc) is 3.52. The molecule has 0 spiro atoms. The molecular weight excluding hydrogens is 508 g/mol. The molecule has 1 unspecified atom stereocenters. The Bertz CT molecular complexity index is 2050. The van der Waals surface area contributed by atoms with Gasteiger partial charge in [-0.25, -0.2) is 0 Å². The van der Waals surface area contributed by atoms with E-state index in [4.69, 9.17) is 6.42 Å². The average molecular weight is 539 g/mol. The molecule has 0 aliphatic heterocycles. The fourth-order valence-corrected chi connectivity index (χ4v) is 7.00. The molecule has 200 valence electrons. The van der Waals surface area contributed by atoms with Crippen molar-refractivity contribution in [1.82, 2.24) is 4.57 Å². The summed E-state index contributed by atoms with van der Waals surface area (Å²) in [7, 11) is 0. The van der Waals surface area contributed by atoms with Crippen LogP contribution in [-0.4, -0.2) is 4.57 Å². The molecular formula is C40H30N2. The van der Waals surface area contributed by atoms with E-state index >= 15 is 0 Å². The summed E-state index contributed by atoms with van der Waals surface area (Å²) in [6.45, 7) is 3.95. The zero-order valence-corrected chi connectivity index (χ0v) is 23.9. The van der Waals surface area contributed by atoms with Crippen LogP contribution in [0.2, 0.25) is 0 Å². The maximum absolute atomic E-state index is 9.72. The van der Waals surface area contributed by atoms with E-state index < -0.39 is 5.41 Å². The highest BCUT2D eigenvalue weighted by molar-refractivity contribution is 5.96. The lowest BCUT2D eigenvalue weighted by atomic mass is 9.66. The van der Waals surface area contributed by atoms with Gasteiger partial charge < -0.3 is 4.57 Å². The van der Waals surface area contributed by atoms with E-state index in [0.29, 0.717) is 5.57 Å². The zero-order chi connectivity index (χ0) is 28.8. The Balaban J connectivity index is 1.61. The summed E-state index contributed by atoms with van der Waals surface area (Å²) in [6, 6.07) is 37.1. The van der Waals surface area contributed by atoms with Crippen molar-refractivity contribution in [2.75, 3.05) is 0 Å². The van der Waals surface area contributed by atoms with Crippen molar-refractivity contribution in [1.29, 1.82) is 5.26 Å². The van der Waals surface area contributed by atoms with Gasteiger partial charge in [0.1, 0.15) is 0 Å². The number of allylic oxidation sites excluding steroid dienone is 5. The number of aromatic nitrogens is 1. The lowest BCUT2D eigenvalue weighted by Crippen LogP contribution is -2.29. The molecule has 2 nitrogen and oxygen atoms in total. The van der Waals surface area contributed by atoms with Gasteiger partial charge in [-0.05, 0) is 96.5 Å². The first-order valence-corrected chi connectivity index (χ1v) is 14.4. The molecule has 42 heavy (non-hydrogen) atoms. The molecule has 0 N–H and O–H groups in total. The number of hydrogen-bond acceptors (Lipinski definition) is 1.